The molecule has 0 saturated heterocycles. The minimum Gasteiger partial charge on any atom is -0.253 e. The lowest BCUT2D eigenvalue weighted by molar-refractivity contribution is 0.609. The van der Waals surface area contributed by atoms with Crippen LogP contribution in [0.2, 0.25) is 0 Å². The molecular weight excluding hydrogens is 477 g/mol. The highest BCUT2D eigenvalue weighted by Crippen LogP contribution is 2.15. The maximum atomic E-state index is 4.12. The van der Waals surface area contributed by atoms with Gasteiger partial charge >= 0.3 is 0 Å². The standard InChI is InChI=1S/2C12H20S.C8H6N2/c2*1-2-3-4-5-6-7-9-12-10-8-11-13-12;1-2-4-8-7(3-1)9-5-6-10-8/h2*8,10-11H,2-7,9H2,1H3;1-6H. The molecule has 4 aromatic rings. The molecule has 0 aliphatic heterocycles. The predicted octanol–water partition coefficient (Wildman–Crippen LogP) is 10.9. The summed E-state index contributed by atoms with van der Waals surface area (Å²) >= 11 is 3.78. The van der Waals surface area contributed by atoms with Crippen molar-refractivity contribution < 1.29 is 0 Å². The minimum absolute atomic E-state index is 0.949. The summed E-state index contributed by atoms with van der Waals surface area (Å²) in [6.45, 7) is 4.54. The molecule has 4 heteroatoms. The number of hydrogen-bond donors (Lipinski definition) is 0. The summed E-state index contributed by atoms with van der Waals surface area (Å²) in [6.07, 6.45) is 22.8. The zero-order valence-electron chi connectivity index (χ0n) is 22.5. The highest BCUT2D eigenvalue weighted by molar-refractivity contribution is 7.10. The molecule has 0 amide bonds. The van der Waals surface area contributed by atoms with E-state index >= 15 is 0 Å². The summed E-state index contributed by atoms with van der Waals surface area (Å²) in [5, 5.41) is 4.35. The van der Waals surface area contributed by atoms with Crippen molar-refractivity contribution in [1.82, 2.24) is 9.97 Å². The molecule has 0 N–H and O–H groups in total. The third kappa shape index (κ3) is 14.5. The van der Waals surface area contributed by atoms with Gasteiger partial charge in [-0.3, -0.25) is 9.97 Å². The highest BCUT2D eigenvalue weighted by Gasteiger charge is 1.95. The lowest BCUT2D eigenvalue weighted by Gasteiger charge is -1.98. The number of para-hydroxylation sites is 2. The molecule has 0 spiro atoms. The number of aryl methyl sites for hydroxylation is 2. The maximum Gasteiger partial charge on any atom is 0.0886 e. The van der Waals surface area contributed by atoms with Gasteiger partial charge in [-0.1, -0.05) is 102 Å². The van der Waals surface area contributed by atoms with E-state index in [-0.39, 0.29) is 0 Å². The monoisotopic (exact) mass is 522 g/mol. The number of benzene rings is 1. The van der Waals surface area contributed by atoms with Gasteiger partial charge in [0.1, 0.15) is 0 Å². The summed E-state index contributed by atoms with van der Waals surface area (Å²) in [5.74, 6) is 0. The van der Waals surface area contributed by atoms with E-state index in [2.05, 4.69) is 58.8 Å². The molecule has 0 unspecified atom stereocenters. The largest absolute Gasteiger partial charge is 0.253 e. The van der Waals surface area contributed by atoms with E-state index in [9.17, 15) is 0 Å². The van der Waals surface area contributed by atoms with E-state index < -0.39 is 0 Å². The first-order valence-corrected chi connectivity index (χ1v) is 15.8. The molecular formula is C32H46N2S2. The van der Waals surface area contributed by atoms with Gasteiger partial charge in [-0.25, -0.2) is 0 Å². The maximum absolute atomic E-state index is 4.12. The van der Waals surface area contributed by atoms with Gasteiger partial charge in [-0.2, -0.15) is 0 Å². The summed E-state index contributed by atoms with van der Waals surface area (Å²) in [5.41, 5.74) is 1.90. The van der Waals surface area contributed by atoms with Gasteiger partial charge in [0.15, 0.2) is 0 Å². The smallest absolute Gasteiger partial charge is 0.0886 e. The zero-order chi connectivity index (χ0) is 25.5. The van der Waals surface area contributed by atoms with Gasteiger partial charge < -0.3 is 0 Å². The molecule has 0 bridgehead atoms. The fourth-order valence-corrected chi connectivity index (χ4v) is 5.48. The van der Waals surface area contributed by atoms with Crippen LogP contribution in [0.25, 0.3) is 11.0 Å². The van der Waals surface area contributed by atoms with Crippen molar-refractivity contribution in [2.24, 2.45) is 0 Å². The van der Waals surface area contributed by atoms with E-state index in [4.69, 9.17) is 0 Å². The Morgan fingerprint density at radius 2 is 0.917 bits per heavy atom. The number of fused-ring (bicyclic) bond motifs is 1. The minimum atomic E-state index is 0.949. The molecule has 2 nitrogen and oxygen atoms in total. The Hall–Kier alpha value is -2.04. The second-order valence-corrected chi connectivity index (χ2v) is 11.3. The molecule has 36 heavy (non-hydrogen) atoms. The van der Waals surface area contributed by atoms with Gasteiger partial charge in [-0.05, 0) is 60.7 Å². The van der Waals surface area contributed by atoms with Gasteiger partial charge in [0.2, 0.25) is 0 Å². The van der Waals surface area contributed by atoms with E-state index in [0.29, 0.717) is 0 Å². The average molecular weight is 523 g/mol. The average Bonchev–Trinajstić information content (AvgIpc) is 3.64. The van der Waals surface area contributed by atoms with Crippen LogP contribution in [0.15, 0.2) is 71.7 Å². The fraction of sp³-hybridized carbons (Fsp3) is 0.500. The van der Waals surface area contributed by atoms with Crippen molar-refractivity contribution in [3.8, 4) is 0 Å². The first-order valence-electron chi connectivity index (χ1n) is 14.0. The van der Waals surface area contributed by atoms with Crippen molar-refractivity contribution in [2.75, 3.05) is 0 Å². The molecule has 0 aliphatic carbocycles. The van der Waals surface area contributed by atoms with Crippen LogP contribution in [0.4, 0.5) is 0 Å². The molecule has 1 aromatic carbocycles. The van der Waals surface area contributed by atoms with Crippen LogP contribution in [0.1, 0.15) is 101 Å². The van der Waals surface area contributed by atoms with Crippen molar-refractivity contribution in [1.29, 1.82) is 0 Å². The number of rotatable bonds is 14. The van der Waals surface area contributed by atoms with E-state index in [1.807, 2.05) is 46.9 Å². The molecule has 196 valence electrons. The van der Waals surface area contributed by atoms with Gasteiger partial charge in [0, 0.05) is 22.1 Å². The third-order valence-electron chi connectivity index (χ3n) is 6.09. The molecule has 0 saturated carbocycles. The zero-order valence-corrected chi connectivity index (χ0v) is 24.2. The predicted molar refractivity (Wildman–Crippen MR) is 162 cm³/mol. The Kier molecular flexibility index (Phi) is 17.7. The Morgan fingerprint density at radius 1 is 0.500 bits per heavy atom. The summed E-state index contributed by atoms with van der Waals surface area (Å²) in [6, 6.07) is 16.6. The van der Waals surface area contributed by atoms with E-state index in [1.165, 1.54) is 89.9 Å². The lowest BCUT2D eigenvalue weighted by atomic mass is 10.1. The van der Waals surface area contributed by atoms with E-state index in [0.717, 1.165) is 11.0 Å². The van der Waals surface area contributed by atoms with Crippen molar-refractivity contribution in [3.05, 3.63) is 81.4 Å². The number of nitrogens with zero attached hydrogens (tertiary/aromatic N) is 2. The van der Waals surface area contributed by atoms with Gasteiger partial charge in [0.25, 0.3) is 0 Å². The Balaban J connectivity index is 0.000000192. The van der Waals surface area contributed by atoms with Crippen molar-refractivity contribution >= 4 is 33.7 Å². The second-order valence-electron chi connectivity index (χ2n) is 9.24. The fourth-order valence-electron chi connectivity index (χ4n) is 3.98. The van der Waals surface area contributed by atoms with Crippen LogP contribution in [-0.2, 0) is 12.8 Å². The topological polar surface area (TPSA) is 25.8 Å². The van der Waals surface area contributed by atoms with Crippen LogP contribution in [-0.4, -0.2) is 9.97 Å². The first-order chi connectivity index (χ1) is 17.8. The number of hydrogen-bond acceptors (Lipinski definition) is 4. The van der Waals surface area contributed by atoms with Crippen LogP contribution in [0, 0.1) is 0 Å². The van der Waals surface area contributed by atoms with Crippen molar-refractivity contribution in [3.63, 3.8) is 0 Å². The molecule has 0 aliphatic rings. The van der Waals surface area contributed by atoms with Crippen LogP contribution >= 0.6 is 22.7 Å². The molecule has 3 aromatic heterocycles. The lowest BCUT2D eigenvalue weighted by Crippen LogP contribution is -1.82. The summed E-state index contributed by atoms with van der Waals surface area (Å²) < 4.78 is 0. The quantitative estimate of drug-likeness (QED) is 0.154. The molecule has 0 atom stereocenters. The number of unbranched alkanes of at least 4 members (excludes halogenated alkanes) is 10. The third-order valence-corrected chi connectivity index (χ3v) is 7.96. The Morgan fingerprint density at radius 3 is 1.31 bits per heavy atom. The van der Waals surface area contributed by atoms with Gasteiger partial charge in [0.05, 0.1) is 11.0 Å². The summed E-state index contributed by atoms with van der Waals surface area (Å²) in [7, 11) is 0. The molecule has 0 radical (unpaired) electrons. The molecule has 0 fully saturated rings. The molecule has 3 heterocycles. The van der Waals surface area contributed by atoms with Crippen LogP contribution in [0.3, 0.4) is 0 Å². The van der Waals surface area contributed by atoms with Crippen molar-refractivity contribution in [2.45, 2.75) is 104 Å². The molecule has 4 rings (SSSR count). The number of thiophene rings is 2. The van der Waals surface area contributed by atoms with E-state index in [1.54, 1.807) is 22.1 Å². The summed E-state index contributed by atoms with van der Waals surface area (Å²) in [4.78, 5) is 11.3. The first kappa shape index (κ1) is 30.2. The van der Waals surface area contributed by atoms with Crippen LogP contribution < -0.4 is 0 Å². The number of aromatic nitrogens is 2. The van der Waals surface area contributed by atoms with Crippen LogP contribution in [0.5, 0.6) is 0 Å². The highest BCUT2D eigenvalue weighted by atomic mass is 32.1. The van der Waals surface area contributed by atoms with Gasteiger partial charge in [-0.15, -0.1) is 22.7 Å². The Labute approximate surface area is 228 Å². The second kappa shape index (κ2) is 21.1. The normalized spacial score (nSPS) is 10.4. The SMILES string of the molecule is CCCCCCCCc1cccs1.CCCCCCCCc1cccs1.c1ccc2nccnc2c1. The Bertz CT molecular complexity index is 869.